The molecule has 0 spiro atoms. The van der Waals surface area contributed by atoms with Gasteiger partial charge in [0, 0.05) is 26.0 Å². The first-order valence-electron chi connectivity index (χ1n) is 7.95. The molecule has 1 N–H and O–H groups in total. The summed E-state index contributed by atoms with van der Waals surface area (Å²) in [4.78, 5) is 25.8. The summed E-state index contributed by atoms with van der Waals surface area (Å²) in [6.07, 6.45) is 3.36. The van der Waals surface area contributed by atoms with Crippen molar-refractivity contribution in [3.63, 3.8) is 0 Å². The highest BCUT2D eigenvalue weighted by Crippen LogP contribution is 2.10. The lowest BCUT2D eigenvalue weighted by molar-refractivity contribution is -0.137. The van der Waals surface area contributed by atoms with Crippen LogP contribution in [0.15, 0.2) is 36.7 Å². The molecule has 2 rings (SSSR count). The Hall–Kier alpha value is -2.63. The van der Waals surface area contributed by atoms with Gasteiger partial charge < -0.3 is 10.2 Å². The summed E-state index contributed by atoms with van der Waals surface area (Å²) in [5, 5.41) is 6.92. The van der Waals surface area contributed by atoms with Crippen molar-refractivity contribution in [3.8, 4) is 0 Å². The number of hydrogen-bond donors (Lipinski definition) is 1. The molecule has 2 amide bonds. The van der Waals surface area contributed by atoms with Crippen molar-refractivity contribution < 1.29 is 9.59 Å². The Morgan fingerprint density at radius 2 is 2.08 bits per heavy atom. The monoisotopic (exact) mass is 328 g/mol. The number of aromatic nitrogens is 2. The van der Waals surface area contributed by atoms with Gasteiger partial charge >= 0.3 is 0 Å². The van der Waals surface area contributed by atoms with Gasteiger partial charge in [0.25, 0.3) is 0 Å². The van der Waals surface area contributed by atoms with E-state index in [1.54, 1.807) is 37.1 Å². The van der Waals surface area contributed by atoms with Crippen LogP contribution in [0.4, 0.5) is 0 Å². The third-order valence-electron chi connectivity index (χ3n) is 4.01. The molecule has 0 saturated heterocycles. The Balaban J connectivity index is 1.86. The van der Waals surface area contributed by atoms with Crippen molar-refractivity contribution in [1.29, 1.82) is 0 Å². The molecule has 1 heterocycles. The van der Waals surface area contributed by atoms with Crippen molar-refractivity contribution >= 4 is 11.8 Å². The van der Waals surface area contributed by atoms with Crippen molar-refractivity contribution in [3.05, 3.63) is 53.3 Å². The molecule has 1 aromatic carbocycles. The molecule has 1 unspecified atom stereocenters. The van der Waals surface area contributed by atoms with E-state index in [0.717, 1.165) is 11.1 Å². The Bertz CT molecular complexity index is 710. The van der Waals surface area contributed by atoms with Crippen molar-refractivity contribution in [2.45, 2.75) is 33.4 Å². The smallest absolute Gasteiger partial charge is 0.247 e. The van der Waals surface area contributed by atoms with E-state index >= 15 is 0 Å². The van der Waals surface area contributed by atoms with Crippen LogP contribution in [-0.4, -0.2) is 40.1 Å². The Labute approximate surface area is 142 Å². The highest BCUT2D eigenvalue weighted by Gasteiger charge is 2.21. The summed E-state index contributed by atoms with van der Waals surface area (Å²) in [6, 6.07) is 7.45. The summed E-state index contributed by atoms with van der Waals surface area (Å²) < 4.78 is 1.58. The zero-order valence-electron chi connectivity index (χ0n) is 14.6. The first-order chi connectivity index (χ1) is 11.4. The standard InChI is InChI=1S/C18H24N4O2/c1-13-6-7-16(14(2)10-13)11-19-17(23)12-21(4)18(24)15(3)22-9-5-8-20-22/h5-10,15H,11-12H2,1-4H3,(H,19,23). The van der Waals surface area contributed by atoms with E-state index in [9.17, 15) is 9.59 Å². The summed E-state index contributed by atoms with van der Waals surface area (Å²) in [5.41, 5.74) is 3.42. The summed E-state index contributed by atoms with van der Waals surface area (Å²) in [6.45, 7) is 6.31. The van der Waals surface area contributed by atoms with Gasteiger partial charge in [-0.3, -0.25) is 14.3 Å². The van der Waals surface area contributed by atoms with Crippen LogP contribution in [0.2, 0.25) is 0 Å². The second-order valence-corrected chi connectivity index (χ2v) is 6.06. The van der Waals surface area contributed by atoms with Crippen LogP contribution in [0.1, 0.15) is 29.7 Å². The molecule has 0 aliphatic carbocycles. The van der Waals surface area contributed by atoms with Gasteiger partial charge in [-0.25, -0.2) is 0 Å². The zero-order chi connectivity index (χ0) is 17.7. The minimum absolute atomic E-state index is 0.0232. The Morgan fingerprint density at radius 3 is 2.71 bits per heavy atom. The van der Waals surface area contributed by atoms with Crippen molar-refractivity contribution in [1.82, 2.24) is 20.0 Å². The number of aryl methyl sites for hydroxylation is 2. The third kappa shape index (κ3) is 4.44. The average Bonchev–Trinajstić information content (AvgIpc) is 3.07. The van der Waals surface area contributed by atoms with Crippen LogP contribution in [-0.2, 0) is 16.1 Å². The molecule has 0 aliphatic heterocycles. The molecule has 0 aliphatic rings. The molecule has 0 bridgehead atoms. The van der Waals surface area contributed by atoms with Gasteiger partial charge in [0.2, 0.25) is 11.8 Å². The predicted octanol–water partition coefficient (Wildman–Crippen LogP) is 1.84. The number of amides is 2. The molecule has 2 aromatic rings. The molecule has 1 aromatic heterocycles. The number of nitrogens with zero attached hydrogens (tertiary/aromatic N) is 3. The van der Waals surface area contributed by atoms with Gasteiger partial charge in [-0.05, 0) is 38.0 Å². The topological polar surface area (TPSA) is 67.2 Å². The van der Waals surface area contributed by atoms with E-state index in [2.05, 4.69) is 16.5 Å². The van der Waals surface area contributed by atoms with Gasteiger partial charge in [0.05, 0.1) is 6.54 Å². The van der Waals surface area contributed by atoms with E-state index in [1.807, 2.05) is 26.0 Å². The molecule has 128 valence electrons. The van der Waals surface area contributed by atoms with Crippen LogP contribution >= 0.6 is 0 Å². The van der Waals surface area contributed by atoms with Gasteiger partial charge in [-0.1, -0.05) is 23.8 Å². The largest absolute Gasteiger partial charge is 0.350 e. The van der Waals surface area contributed by atoms with E-state index < -0.39 is 6.04 Å². The van der Waals surface area contributed by atoms with E-state index in [4.69, 9.17) is 0 Å². The number of carbonyl (C=O) groups excluding carboxylic acids is 2. The predicted molar refractivity (Wildman–Crippen MR) is 92.3 cm³/mol. The minimum Gasteiger partial charge on any atom is -0.350 e. The molecule has 0 saturated carbocycles. The van der Waals surface area contributed by atoms with Crippen LogP contribution < -0.4 is 5.32 Å². The van der Waals surface area contributed by atoms with Crippen molar-refractivity contribution in [2.75, 3.05) is 13.6 Å². The van der Waals surface area contributed by atoms with E-state index in [-0.39, 0.29) is 18.4 Å². The molecule has 0 radical (unpaired) electrons. The van der Waals surface area contributed by atoms with Crippen molar-refractivity contribution in [2.24, 2.45) is 0 Å². The van der Waals surface area contributed by atoms with Gasteiger partial charge in [0.1, 0.15) is 6.04 Å². The fraction of sp³-hybridized carbons (Fsp3) is 0.389. The normalized spacial score (nSPS) is 11.8. The number of rotatable bonds is 6. The lowest BCUT2D eigenvalue weighted by atomic mass is 10.1. The number of benzene rings is 1. The average molecular weight is 328 g/mol. The third-order valence-corrected chi connectivity index (χ3v) is 4.01. The van der Waals surface area contributed by atoms with Crippen LogP contribution in [0, 0.1) is 13.8 Å². The van der Waals surface area contributed by atoms with Crippen LogP contribution in [0.25, 0.3) is 0 Å². The Morgan fingerprint density at radius 1 is 1.33 bits per heavy atom. The lowest BCUT2D eigenvalue weighted by Gasteiger charge is -2.21. The highest BCUT2D eigenvalue weighted by molar-refractivity contribution is 5.86. The van der Waals surface area contributed by atoms with Crippen LogP contribution in [0.3, 0.4) is 0 Å². The maximum Gasteiger partial charge on any atom is 0.247 e. The van der Waals surface area contributed by atoms with E-state index in [0.29, 0.717) is 6.54 Å². The second kappa shape index (κ2) is 7.77. The van der Waals surface area contributed by atoms with Gasteiger partial charge in [-0.15, -0.1) is 0 Å². The maximum absolute atomic E-state index is 12.3. The molecule has 6 nitrogen and oxygen atoms in total. The van der Waals surface area contributed by atoms with Crippen LogP contribution in [0.5, 0.6) is 0 Å². The van der Waals surface area contributed by atoms with E-state index in [1.165, 1.54) is 10.5 Å². The van der Waals surface area contributed by atoms with Gasteiger partial charge in [-0.2, -0.15) is 5.10 Å². The van der Waals surface area contributed by atoms with Gasteiger partial charge in [0.15, 0.2) is 0 Å². The molecular formula is C18H24N4O2. The minimum atomic E-state index is -0.433. The summed E-state index contributed by atoms with van der Waals surface area (Å²) in [5.74, 6) is -0.334. The number of carbonyl (C=O) groups is 2. The molecular weight excluding hydrogens is 304 g/mol. The SMILES string of the molecule is Cc1ccc(CNC(=O)CN(C)C(=O)C(C)n2cccn2)c(C)c1. The lowest BCUT2D eigenvalue weighted by Crippen LogP contribution is -2.41. The molecule has 6 heteroatoms. The highest BCUT2D eigenvalue weighted by atomic mass is 16.2. The summed E-state index contributed by atoms with van der Waals surface area (Å²) >= 11 is 0. The number of likely N-dealkylation sites (N-methyl/N-ethyl adjacent to an activating group) is 1. The first kappa shape index (κ1) is 17.7. The second-order valence-electron chi connectivity index (χ2n) is 6.06. The number of nitrogens with one attached hydrogen (secondary N) is 1. The zero-order valence-corrected chi connectivity index (χ0v) is 14.6. The quantitative estimate of drug-likeness (QED) is 0.880. The number of hydrogen-bond acceptors (Lipinski definition) is 3. The fourth-order valence-electron chi connectivity index (χ4n) is 2.53. The molecule has 0 fully saturated rings. The first-order valence-corrected chi connectivity index (χ1v) is 7.95. The molecule has 1 atom stereocenters. The Kier molecular flexibility index (Phi) is 5.73. The summed E-state index contributed by atoms with van der Waals surface area (Å²) in [7, 11) is 1.62. The fourth-order valence-corrected chi connectivity index (χ4v) is 2.53. The maximum atomic E-state index is 12.3. The molecule has 24 heavy (non-hydrogen) atoms.